The second-order valence-corrected chi connectivity index (χ2v) is 9.54. The monoisotopic (exact) mass is 466 g/mol. The Balaban J connectivity index is 1.60. The Bertz CT molecular complexity index is 988. The lowest BCUT2D eigenvalue weighted by atomic mass is 9.92. The van der Waals surface area contributed by atoms with E-state index in [4.69, 9.17) is 9.84 Å². The van der Waals surface area contributed by atoms with Crippen LogP contribution in [0.3, 0.4) is 0 Å². The Kier molecular flexibility index (Phi) is 8.31. The highest BCUT2D eigenvalue weighted by Crippen LogP contribution is 2.44. The number of ether oxygens (including phenoxy) is 1. The van der Waals surface area contributed by atoms with Gasteiger partial charge < -0.3 is 20.5 Å². The first-order valence-corrected chi connectivity index (χ1v) is 11.8. The van der Waals surface area contributed by atoms with Gasteiger partial charge >= 0.3 is 12.1 Å². The number of benzene rings is 2. The van der Waals surface area contributed by atoms with E-state index in [-0.39, 0.29) is 49.2 Å². The molecule has 0 bridgehead atoms. The molecule has 2 atom stereocenters. The van der Waals surface area contributed by atoms with Crippen LogP contribution in [0.4, 0.5) is 4.79 Å². The van der Waals surface area contributed by atoms with E-state index in [2.05, 4.69) is 22.8 Å². The number of fused-ring (bicyclic) bond motifs is 3. The fourth-order valence-corrected chi connectivity index (χ4v) is 4.41. The van der Waals surface area contributed by atoms with Crippen molar-refractivity contribution < 1.29 is 24.2 Å². The first-order chi connectivity index (χ1) is 16.2. The Morgan fingerprint density at radius 2 is 1.47 bits per heavy atom. The first kappa shape index (κ1) is 25.3. The third-order valence-electron chi connectivity index (χ3n) is 6.48. The van der Waals surface area contributed by atoms with Gasteiger partial charge in [0.05, 0.1) is 6.42 Å². The number of carboxylic acids is 1. The van der Waals surface area contributed by atoms with E-state index in [1.54, 1.807) is 0 Å². The zero-order chi connectivity index (χ0) is 24.8. The van der Waals surface area contributed by atoms with Gasteiger partial charge in [0, 0.05) is 12.5 Å². The summed E-state index contributed by atoms with van der Waals surface area (Å²) in [5.74, 6) is -1.57. The van der Waals surface area contributed by atoms with Crippen LogP contribution in [-0.4, -0.2) is 42.3 Å². The normalized spacial score (nSPS) is 14.3. The van der Waals surface area contributed by atoms with E-state index in [1.165, 1.54) is 0 Å². The molecule has 1 aliphatic carbocycles. The molecule has 0 saturated heterocycles. The van der Waals surface area contributed by atoms with Gasteiger partial charge in [0.25, 0.3) is 0 Å². The number of carbonyl (C=O) groups excluding carboxylic acids is 2. The van der Waals surface area contributed by atoms with Crippen LogP contribution in [-0.2, 0) is 14.3 Å². The molecule has 0 radical (unpaired) electrons. The van der Waals surface area contributed by atoms with Gasteiger partial charge in [-0.1, -0.05) is 76.2 Å². The highest BCUT2D eigenvalue weighted by atomic mass is 16.5. The highest BCUT2D eigenvalue weighted by Gasteiger charge is 2.30. The molecule has 0 spiro atoms. The average molecular weight is 467 g/mol. The molecular weight excluding hydrogens is 432 g/mol. The third-order valence-corrected chi connectivity index (χ3v) is 6.48. The molecule has 0 fully saturated rings. The Morgan fingerprint density at radius 1 is 0.912 bits per heavy atom. The second-order valence-electron chi connectivity index (χ2n) is 9.54. The number of aliphatic carboxylic acids is 1. The molecule has 182 valence electrons. The SMILES string of the molecule is CC(C)C(CNC(=O)[C@H](NC(=O)OCC1c2ccccc2-c2ccccc21)C(C)C)CC(=O)O. The zero-order valence-corrected chi connectivity index (χ0v) is 20.2. The minimum Gasteiger partial charge on any atom is -0.481 e. The molecule has 0 heterocycles. The summed E-state index contributed by atoms with van der Waals surface area (Å²) in [5.41, 5.74) is 4.53. The lowest BCUT2D eigenvalue weighted by molar-refractivity contribution is -0.138. The van der Waals surface area contributed by atoms with Crippen molar-refractivity contribution in [2.24, 2.45) is 17.8 Å². The van der Waals surface area contributed by atoms with Gasteiger partial charge in [0.2, 0.25) is 5.91 Å². The van der Waals surface area contributed by atoms with Crippen LogP contribution < -0.4 is 10.6 Å². The topological polar surface area (TPSA) is 105 Å². The van der Waals surface area contributed by atoms with Gasteiger partial charge in [-0.2, -0.15) is 0 Å². The maximum atomic E-state index is 12.8. The molecule has 2 aromatic carbocycles. The van der Waals surface area contributed by atoms with Gasteiger partial charge in [-0.05, 0) is 40.0 Å². The molecule has 0 aliphatic heterocycles. The largest absolute Gasteiger partial charge is 0.481 e. The zero-order valence-electron chi connectivity index (χ0n) is 20.2. The van der Waals surface area contributed by atoms with Crippen molar-refractivity contribution in [1.82, 2.24) is 10.6 Å². The number of hydrogen-bond donors (Lipinski definition) is 3. The second kappa shape index (κ2) is 11.2. The fraction of sp³-hybridized carbons (Fsp3) is 0.444. The molecule has 7 heteroatoms. The van der Waals surface area contributed by atoms with Crippen molar-refractivity contribution in [2.75, 3.05) is 13.2 Å². The van der Waals surface area contributed by atoms with Crippen LogP contribution in [0.1, 0.15) is 51.2 Å². The van der Waals surface area contributed by atoms with E-state index in [0.717, 1.165) is 22.3 Å². The van der Waals surface area contributed by atoms with E-state index in [1.807, 2.05) is 64.1 Å². The predicted molar refractivity (Wildman–Crippen MR) is 130 cm³/mol. The summed E-state index contributed by atoms with van der Waals surface area (Å²) in [5, 5.41) is 14.6. The number of nitrogens with one attached hydrogen (secondary N) is 2. The summed E-state index contributed by atoms with van der Waals surface area (Å²) in [6.45, 7) is 7.93. The Morgan fingerprint density at radius 3 is 1.97 bits per heavy atom. The number of carboxylic acid groups (broad SMARTS) is 1. The van der Waals surface area contributed by atoms with Crippen LogP contribution in [0.25, 0.3) is 11.1 Å². The maximum absolute atomic E-state index is 12.8. The van der Waals surface area contributed by atoms with Gasteiger partial charge in [0.1, 0.15) is 12.6 Å². The lowest BCUT2D eigenvalue weighted by Crippen LogP contribution is -2.51. The summed E-state index contributed by atoms with van der Waals surface area (Å²) in [7, 11) is 0. The van der Waals surface area contributed by atoms with Crippen molar-refractivity contribution in [3.8, 4) is 11.1 Å². The quantitative estimate of drug-likeness (QED) is 0.481. The van der Waals surface area contributed by atoms with E-state index < -0.39 is 18.1 Å². The van der Waals surface area contributed by atoms with Crippen molar-refractivity contribution >= 4 is 18.0 Å². The Labute approximate surface area is 200 Å². The van der Waals surface area contributed by atoms with Crippen LogP contribution in [0, 0.1) is 17.8 Å². The number of carbonyl (C=O) groups is 3. The lowest BCUT2D eigenvalue weighted by Gasteiger charge is -2.25. The number of alkyl carbamates (subject to hydrolysis) is 1. The third kappa shape index (κ3) is 5.95. The average Bonchev–Trinajstić information content (AvgIpc) is 3.11. The molecule has 1 aliphatic rings. The van der Waals surface area contributed by atoms with E-state index >= 15 is 0 Å². The minimum absolute atomic E-state index is 0.0237. The van der Waals surface area contributed by atoms with E-state index in [0.29, 0.717) is 0 Å². The van der Waals surface area contributed by atoms with Crippen molar-refractivity contribution in [3.63, 3.8) is 0 Å². The van der Waals surface area contributed by atoms with Crippen molar-refractivity contribution in [1.29, 1.82) is 0 Å². The standard InChI is InChI=1S/C27H34N2O5/c1-16(2)18(13-24(30)31)14-28-26(32)25(17(3)4)29-27(33)34-15-23-21-11-7-5-9-19(21)20-10-6-8-12-22(20)23/h5-12,16-18,23,25H,13-15H2,1-4H3,(H,28,32)(H,29,33)(H,30,31)/t18?,25-/m1/s1. The van der Waals surface area contributed by atoms with Gasteiger partial charge in [-0.25, -0.2) is 4.79 Å². The van der Waals surface area contributed by atoms with Gasteiger partial charge in [0.15, 0.2) is 0 Å². The smallest absolute Gasteiger partial charge is 0.407 e. The molecule has 3 rings (SSSR count). The predicted octanol–water partition coefficient (Wildman–Crippen LogP) is 4.41. The van der Waals surface area contributed by atoms with Gasteiger partial charge in [-0.15, -0.1) is 0 Å². The number of amides is 2. The summed E-state index contributed by atoms with van der Waals surface area (Å²) in [4.78, 5) is 36.5. The number of rotatable bonds is 10. The molecule has 3 N–H and O–H groups in total. The molecule has 0 aromatic heterocycles. The molecular formula is C27H34N2O5. The van der Waals surface area contributed by atoms with Crippen molar-refractivity contribution in [3.05, 3.63) is 59.7 Å². The summed E-state index contributed by atoms with van der Waals surface area (Å²) in [6.07, 6.45) is -0.675. The summed E-state index contributed by atoms with van der Waals surface area (Å²) in [6, 6.07) is 15.4. The summed E-state index contributed by atoms with van der Waals surface area (Å²) >= 11 is 0. The first-order valence-electron chi connectivity index (χ1n) is 11.8. The van der Waals surface area contributed by atoms with Crippen molar-refractivity contribution in [2.45, 2.75) is 46.1 Å². The minimum atomic E-state index is -0.898. The maximum Gasteiger partial charge on any atom is 0.407 e. The molecule has 34 heavy (non-hydrogen) atoms. The molecule has 2 amide bonds. The molecule has 7 nitrogen and oxygen atoms in total. The van der Waals surface area contributed by atoms with Crippen LogP contribution in [0.15, 0.2) is 48.5 Å². The fourth-order valence-electron chi connectivity index (χ4n) is 4.41. The van der Waals surface area contributed by atoms with Gasteiger partial charge in [-0.3, -0.25) is 9.59 Å². The molecule has 1 unspecified atom stereocenters. The highest BCUT2D eigenvalue weighted by molar-refractivity contribution is 5.86. The molecule has 2 aromatic rings. The summed E-state index contributed by atoms with van der Waals surface area (Å²) < 4.78 is 5.58. The number of hydrogen-bond acceptors (Lipinski definition) is 4. The molecule has 0 saturated carbocycles. The van der Waals surface area contributed by atoms with Crippen LogP contribution in [0.2, 0.25) is 0 Å². The van der Waals surface area contributed by atoms with Crippen LogP contribution >= 0.6 is 0 Å². The Hall–Kier alpha value is -3.35. The van der Waals surface area contributed by atoms with E-state index in [9.17, 15) is 14.4 Å². The van der Waals surface area contributed by atoms with Crippen LogP contribution in [0.5, 0.6) is 0 Å².